The highest BCUT2D eigenvalue weighted by Crippen LogP contribution is 2.26. The van der Waals surface area contributed by atoms with Crippen molar-refractivity contribution in [3.63, 3.8) is 0 Å². The fourth-order valence-electron chi connectivity index (χ4n) is 1.04. The van der Waals surface area contributed by atoms with Crippen LogP contribution in [0.25, 0.3) is 0 Å². The molecular formula is C9H7F3NO5S-. The lowest BCUT2D eigenvalue weighted by Gasteiger charge is -2.14. The van der Waals surface area contributed by atoms with Crippen molar-refractivity contribution < 1.29 is 36.6 Å². The molecule has 1 aromatic carbocycles. The fourth-order valence-corrected chi connectivity index (χ4v) is 1.52. The second kappa shape index (κ2) is 4.61. The summed E-state index contributed by atoms with van der Waals surface area (Å²) < 4.78 is 58.1. The second-order valence-electron chi connectivity index (χ2n) is 3.50. The number of benzene rings is 1. The number of carbonyl (C=O) groups is 1. The van der Waals surface area contributed by atoms with E-state index in [0.29, 0.717) is 12.1 Å². The molecule has 0 atom stereocenters. The van der Waals surface area contributed by atoms with Crippen LogP contribution < -0.4 is 9.83 Å². The maximum atomic E-state index is 12.0. The zero-order chi connectivity index (χ0) is 15.0. The molecule has 0 unspecified atom stereocenters. The number of rotatable bonds is 2. The van der Waals surface area contributed by atoms with Crippen molar-refractivity contribution in [3.05, 3.63) is 23.3 Å². The molecule has 0 aromatic heterocycles. The minimum Gasteiger partial charge on any atom is -0.872 e. The summed E-state index contributed by atoms with van der Waals surface area (Å²) in [5.41, 5.74) is -6.47. The van der Waals surface area contributed by atoms with E-state index in [0.717, 1.165) is 4.72 Å². The highest BCUT2D eigenvalue weighted by Gasteiger charge is 2.47. The van der Waals surface area contributed by atoms with E-state index in [4.69, 9.17) is 0 Å². The molecule has 0 bridgehead atoms. The van der Waals surface area contributed by atoms with Gasteiger partial charge in [0.1, 0.15) is 5.75 Å². The average molecular weight is 298 g/mol. The number of halogens is 3. The number of sulfonamides is 1. The molecule has 1 aromatic rings. The van der Waals surface area contributed by atoms with Crippen LogP contribution in [0.4, 0.5) is 13.2 Å². The first-order valence-corrected chi connectivity index (χ1v) is 6.08. The molecule has 0 aliphatic rings. The van der Waals surface area contributed by atoms with Crippen LogP contribution >= 0.6 is 0 Å². The lowest BCUT2D eigenvalue weighted by molar-refractivity contribution is -0.269. The highest BCUT2D eigenvalue weighted by atomic mass is 32.2. The Balaban J connectivity index is 3.11. The average Bonchev–Trinajstić information content (AvgIpc) is 2.22. The summed E-state index contributed by atoms with van der Waals surface area (Å²) in [6.45, 7) is 1.23. The van der Waals surface area contributed by atoms with E-state index < -0.39 is 38.5 Å². The predicted molar refractivity (Wildman–Crippen MR) is 54.7 cm³/mol. The zero-order valence-corrected chi connectivity index (χ0v) is 10.1. The minimum atomic E-state index is -5.86. The second-order valence-corrected chi connectivity index (χ2v) is 5.17. The Bertz CT molecular complexity index is 600. The number of aromatic hydroxyl groups is 1. The molecule has 10 heteroatoms. The van der Waals surface area contributed by atoms with Crippen molar-refractivity contribution in [1.29, 1.82) is 0 Å². The van der Waals surface area contributed by atoms with Gasteiger partial charge in [0.05, 0.1) is 0 Å². The molecular weight excluding hydrogens is 291 g/mol. The van der Waals surface area contributed by atoms with Gasteiger partial charge in [-0.2, -0.15) is 21.6 Å². The standard InChI is InChI=1S/C9H8F3NO5S/c1-4-6(14)2-5(3-7(4)15)8(16)13-19(17,18)9(10,11)12/h2-3,14-15H,1H3,(H,13,16)/p-1. The molecule has 0 fully saturated rings. The quantitative estimate of drug-likeness (QED) is 0.819. The van der Waals surface area contributed by atoms with Crippen molar-refractivity contribution in [1.82, 2.24) is 4.72 Å². The SMILES string of the molecule is Cc1c([O-])cc(C(=O)NS(=O)(=O)C(F)(F)F)cc1O. The maximum absolute atomic E-state index is 12.0. The summed E-state index contributed by atoms with van der Waals surface area (Å²) in [6, 6.07) is 1.31. The Morgan fingerprint density at radius 3 is 2.32 bits per heavy atom. The topological polar surface area (TPSA) is 107 Å². The van der Waals surface area contributed by atoms with Crippen molar-refractivity contribution in [3.8, 4) is 11.5 Å². The van der Waals surface area contributed by atoms with Crippen LogP contribution in [0.2, 0.25) is 0 Å². The van der Waals surface area contributed by atoms with Gasteiger partial charge >= 0.3 is 15.5 Å². The number of alkyl halides is 3. The van der Waals surface area contributed by atoms with Crippen LogP contribution in [-0.4, -0.2) is 24.9 Å². The fraction of sp³-hybridized carbons (Fsp3) is 0.222. The minimum absolute atomic E-state index is 0.116. The van der Waals surface area contributed by atoms with Crippen molar-refractivity contribution in [2.45, 2.75) is 12.4 Å². The molecule has 6 nitrogen and oxygen atoms in total. The van der Waals surface area contributed by atoms with Gasteiger partial charge in [0.2, 0.25) is 0 Å². The van der Waals surface area contributed by atoms with Gasteiger partial charge < -0.3 is 10.2 Å². The molecule has 0 heterocycles. The van der Waals surface area contributed by atoms with Crippen molar-refractivity contribution >= 4 is 15.9 Å². The van der Waals surface area contributed by atoms with Crippen LogP contribution in [-0.2, 0) is 10.0 Å². The van der Waals surface area contributed by atoms with E-state index in [1.165, 1.54) is 6.92 Å². The molecule has 106 valence electrons. The molecule has 0 aliphatic heterocycles. The first-order valence-electron chi connectivity index (χ1n) is 4.60. The third kappa shape index (κ3) is 3.08. The van der Waals surface area contributed by atoms with E-state index in [2.05, 4.69) is 0 Å². The largest absolute Gasteiger partial charge is 0.872 e. The van der Waals surface area contributed by atoms with Gasteiger partial charge in [-0.3, -0.25) is 4.79 Å². The van der Waals surface area contributed by atoms with E-state index >= 15 is 0 Å². The summed E-state index contributed by atoms with van der Waals surface area (Å²) in [5, 5.41) is 20.5. The Kier molecular flexibility index (Phi) is 3.66. The molecule has 0 radical (unpaired) electrons. The first-order chi connectivity index (χ1) is 8.45. The maximum Gasteiger partial charge on any atom is 0.516 e. The highest BCUT2D eigenvalue weighted by molar-refractivity contribution is 7.90. The summed E-state index contributed by atoms with van der Waals surface area (Å²) in [7, 11) is -5.86. The Morgan fingerprint density at radius 1 is 1.37 bits per heavy atom. The lowest BCUT2D eigenvalue weighted by atomic mass is 10.1. The van der Waals surface area contributed by atoms with Gasteiger partial charge in [-0.1, -0.05) is 6.07 Å². The van der Waals surface area contributed by atoms with E-state index in [-0.39, 0.29) is 5.56 Å². The Morgan fingerprint density at radius 2 is 1.89 bits per heavy atom. The zero-order valence-electron chi connectivity index (χ0n) is 9.28. The van der Waals surface area contributed by atoms with Gasteiger partial charge in [0.25, 0.3) is 5.91 Å². The summed E-state index contributed by atoms with van der Waals surface area (Å²) in [5.74, 6) is -3.10. The summed E-state index contributed by atoms with van der Waals surface area (Å²) >= 11 is 0. The number of phenols is 1. The van der Waals surface area contributed by atoms with Crippen LogP contribution in [0.1, 0.15) is 15.9 Å². The number of hydrogen-bond acceptors (Lipinski definition) is 5. The third-order valence-corrected chi connectivity index (χ3v) is 3.19. The van der Waals surface area contributed by atoms with Crippen LogP contribution in [0.3, 0.4) is 0 Å². The van der Waals surface area contributed by atoms with Crippen LogP contribution in [0.15, 0.2) is 12.1 Å². The molecule has 1 rings (SSSR count). The number of amides is 1. The summed E-state index contributed by atoms with van der Waals surface area (Å²) in [6.07, 6.45) is 0. The molecule has 0 aliphatic carbocycles. The Labute approximate surface area is 105 Å². The monoisotopic (exact) mass is 298 g/mol. The molecule has 0 saturated heterocycles. The van der Waals surface area contributed by atoms with E-state index in [1.807, 2.05) is 0 Å². The predicted octanol–water partition coefficient (Wildman–Crippen LogP) is 0.354. The number of nitrogens with one attached hydrogen (secondary N) is 1. The van der Waals surface area contributed by atoms with Gasteiger partial charge in [0.15, 0.2) is 0 Å². The van der Waals surface area contributed by atoms with Gasteiger partial charge in [-0.15, -0.1) is 5.75 Å². The van der Waals surface area contributed by atoms with E-state index in [1.54, 1.807) is 0 Å². The lowest BCUT2D eigenvalue weighted by Crippen LogP contribution is -2.40. The summed E-state index contributed by atoms with van der Waals surface area (Å²) in [4.78, 5) is 11.3. The molecule has 0 spiro atoms. The molecule has 2 N–H and O–H groups in total. The van der Waals surface area contributed by atoms with Crippen molar-refractivity contribution in [2.24, 2.45) is 0 Å². The Hall–Kier alpha value is -1.97. The van der Waals surface area contributed by atoms with E-state index in [9.17, 15) is 36.6 Å². The number of carbonyl (C=O) groups excluding carboxylic acids is 1. The molecule has 19 heavy (non-hydrogen) atoms. The smallest absolute Gasteiger partial charge is 0.516 e. The first kappa shape index (κ1) is 15.1. The van der Waals surface area contributed by atoms with Gasteiger partial charge in [-0.25, -0.2) is 4.72 Å². The van der Waals surface area contributed by atoms with Crippen molar-refractivity contribution in [2.75, 3.05) is 0 Å². The van der Waals surface area contributed by atoms with Crippen LogP contribution in [0.5, 0.6) is 11.5 Å². The number of hydrogen-bond donors (Lipinski definition) is 2. The van der Waals surface area contributed by atoms with Gasteiger partial charge in [-0.05, 0) is 18.6 Å². The third-order valence-electron chi connectivity index (χ3n) is 2.13. The molecule has 0 saturated carbocycles. The molecule has 1 amide bonds. The number of phenolic OH excluding ortho intramolecular Hbond substituents is 1. The van der Waals surface area contributed by atoms with Gasteiger partial charge in [0, 0.05) is 5.56 Å². The normalized spacial score (nSPS) is 12.2. The van der Waals surface area contributed by atoms with Crippen LogP contribution in [0, 0.1) is 6.92 Å².